The molecule has 0 aromatic rings. The minimum atomic E-state index is 0.180. The quantitative estimate of drug-likeness (QED) is 0.448. The number of nitrogens with zero attached hydrogens (tertiary/aromatic N) is 2. The zero-order valence-electron chi connectivity index (χ0n) is 5.92. The van der Waals surface area contributed by atoms with Crippen LogP contribution in [0.4, 0.5) is 0 Å². The fraction of sp³-hybridized carbons (Fsp3) is 0.833. The third-order valence-electron chi connectivity index (χ3n) is 1.61. The smallest absolute Gasteiger partial charge is 0.220 e. The van der Waals surface area contributed by atoms with Crippen LogP contribution in [0.15, 0.2) is 0 Å². The summed E-state index contributed by atoms with van der Waals surface area (Å²) < 4.78 is 0. The van der Waals surface area contributed by atoms with Crippen molar-refractivity contribution in [1.29, 1.82) is 0 Å². The molecule has 0 unspecified atom stereocenters. The summed E-state index contributed by atoms with van der Waals surface area (Å²) in [6.07, 6.45) is 0. The number of amides is 1. The summed E-state index contributed by atoms with van der Waals surface area (Å²) >= 11 is 0. The molecule has 0 radical (unpaired) electrons. The zero-order valence-corrected chi connectivity index (χ0v) is 5.92. The largest absolute Gasteiger partial charge is 0.329 e. The van der Waals surface area contributed by atoms with Crippen LogP contribution in [-0.2, 0) is 4.79 Å². The van der Waals surface area contributed by atoms with Gasteiger partial charge >= 0.3 is 0 Å². The molecule has 52 valence electrons. The van der Waals surface area contributed by atoms with Crippen LogP contribution in [0.2, 0.25) is 0 Å². The highest BCUT2D eigenvalue weighted by Crippen LogP contribution is 2.00. The van der Waals surface area contributed by atoms with Gasteiger partial charge in [-0.05, 0) is 7.05 Å². The standard InChI is InChI=1S/C6H12N2O/c1-6(9)8-4-3-7(2)5-8/h3-5H2,1-2H3. The van der Waals surface area contributed by atoms with E-state index in [1.165, 1.54) is 0 Å². The SMILES string of the molecule is CC(=O)N1CCN(C)C1. The predicted octanol–water partition coefficient (Wildman–Crippen LogP) is -0.262. The van der Waals surface area contributed by atoms with Crippen LogP contribution in [0.5, 0.6) is 0 Å². The fourth-order valence-electron chi connectivity index (χ4n) is 0.981. The van der Waals surface area contributed by atoms with E-state index in [-0.39, 0.29) is 5.91 Å². The second-order valence-electron chi connectivity index (χ2n) is 2.50. The number of carbonyl (C=O) groups excluding carboxylic acids is 1. The van der Waals surface area contributed by atoms with Gasteiger partial charge in [-0.3, -0.25) is 9.69 Å². The molecular formula is C6H12N2O. The average Bonchev–Trinajstić information content (AvgIpc) is 2.14. The first-order valence-electron chi connectivity index (χ1n) is 3.14. The Morgan fingerprint density at radius 2 is 2.11 bits per heavy atom. The van der Waals surface area contributed by atoms with Crippen molar-refractivity contribution in [2.24, 2.45) is 0 Å². The molecule has 1 amide bonds. The van der Waals surface area contributed by atoms with Crippen molar-refractivity contribution in [2.75, 3.05) is 26.8 Å². The number of rotatable bonds is 0. The Labute approximate surface area is 55.2 Å². The Hall–Kier alpha value is -0.570. The molecular weight excluding hydrogens is 116 g/mol. The normalized spacial score (nSPS) is 20.9. The van der Waals surface area contributed by atoms with E-state index < -0.39 is 0 Å². The van der Waals surface area contributed by atoms with Crippen LogP contribution in [0.25, 0.3) is 0 Å². The van der Waals surface area contributed by atoms with E-state index in [9.17, 15) is 4.79 Å². The van der Waals surface area contributed by atoms with E-state index in [0.29, 0.717) is 0 Å². The monoisotopic (exact) mass is 128 g/mol. The van der Waals surface area contributed by atoms with E-state index in [2.05, 4.69) is 4.90 Å². The summed E-state index contributed by atoms with van der Waals surface area (Å²) in [6.45, 7) is 4.32. The molecule has 0 N–H and O–H groups in total. The molecule has 1 aliphatic heterocycles. The van der Waals surface area contributed by atoms with Crippen LogP contribution < -0.4 is 0 Å². The van der Waals surface area contributed by atoms with Crippen molar-refractivity contribution in [3.05, 3.63) is 0 Å². The lowest BCUT2D eigenvalue weighted by atomic mass is 10.5. The molecule has 0 atom stereocenters. The van der Waals surface area contributed by atoms with Gasteiger partial charge < -0.3 is 4.90 Å². The molecule has 0 spiro atoms. The maximum atomic E-state index is 10.7. The van der Waals surface area contributed by atoms with Crippen LogP contribution in [0, 0.1) is 0 Å². The highest BCUT2D eigenvalue weighted by atomic mass is 16.2. The summed E-state index contributed by atoms with van der Waals surface area (Å²) in [5, 5.41) is 0. The second-order valence-corrected chi connectivity index (χ2v) is 2.50. The summed E-state index contributed by atoms with van der Waals surface area (Å²) in [7, 11) is 2.02. The van der Waals surface area contributed by atoms with Gasteiger partial charge in [-0.15, -0.1) is 0 Å². The Kier molecular flexibility index (Phi) is 1.71. The summed E-state index contributed by atoms with van der Waals surface area (Å²) in [6, 6.07) is 0. The van der Waals surface area contributed by atoms with E-state index in [4.69, 9.17) is 0 Å². The van der Waals surface area contributed by atoms with Crippen LogP contribution in [0.3, 0.4) is 0 Å². The van der Waals surface area contributed by atoms with Crippen LogP contribution >= 0.6 is 0 Å². The highest BCUT2D eigenvalue weighted by Gasteiger charge is 2.17. The van der Waals surface area contributed by atoms with Gasteiger partial charge in [0.1, 0.15) is 0 Å². The molecule has 3 heteroatoms. The van der Waals surface area contributed by atoms with Gasteiger partial charge in [-0.25, -0.2) is 0 Å². The van der Waals surface area contributed by atoms with Gasteiger partial charge in [0.2, 0.25) is 5.91 Å². The minimum Gasteiger partial charge on any atom is -0.329 e. The number of hydrogen-bond acceptors (Lipinski definition) is 2. The van der Waals surface area contributed by atoms with Gasteiger partial charge in [0, 0.05) is 20.0 Å². The Morgan fingerprint density at radius 3 is 2.33 bits per heavy atom. The third kappa shape index (κ3) is 1.42. The van der Waals surface area contributed by atoms with Crippen molar-refractivity contribution < 1.29 is 4.79 Å². The van der Waals surface area contributed by atoms with Gasteiger partial charge in [-0.2, -0.15) is 0 Å². The minimum absolute atomic E-state index is 0.180. The first kappa shape index (κ1) is 6.55. The molecule has 9 heavy (non-hydrogen) atoms. The molecule has 1 heterocycles. The first-order chi connectivity index (χ1) is 4.20. The highest BCUT2D eigenvalue weighted by molar-refractivity contribution is 5.73. The molecule has 3 nitrogen and oxygen atoms in total. The van der Waals surface area contributed by atoms with Crippen molar-refractivity contribution in [3.8, 4) is 0 Å². The third-order valence-corrected chi connectivity index (χ3v) is 1.61. The molecule has 1 aliphatic rings. The summed E-state index contributed by atoms with van der Waals surface area (Å²) in [4.78, 5) is 14.7. The predicted molar refractivity (Wildman–Crippen MR) is 34.9 cm³/mol. The molecule has 1 rings (SSSR count). The maximum absolute atomic E-state index is 10.7. The molecule has 0 bridgehead atoms. The van der Waals surface area contributed by atoms with Crippen molar-refractivity contribution in [3.63, 3.8) is 0 Å². The van der Waals surface area contributed by atoms with Gasteiger partial charge in [0.05, 0.1) is 6.67 Å². The molecule has 1 saturated heterocycles. The van der Waals surface area contributed by atoms with Crippen LogP contribution in [0.1, 0.15) is 6.92 Å². The lowest BCUT2D eigenvalue weighted by Crippen LogP contribution is -2.27. The number of hydrogen-bond donors (Lipinski definition) is 0. The van der Waals surface area contributed by atoms with E-state index in [1.54, 1.807) is 6.92 Å². The molecule has 0 aromatic carbocycles. The van der Waals surface area contributed by atoms with Gasteiger partial charge in [0.25, 0.3) is 0 Å². The number of carbonyl (C=O) groups is 1. The average molecular weight is 128 g/mol. The van der Waals surface area contributed by atoms with E-state index in [0.717, 1.165) is 19.8 Å². The number of likely N-dealkylation sites (N-methyl/N-ethyl adjacent to an activating group) is 1. The Morgan fingerprint density at radius 1 is 1.44 bits per heavy atom. The molecule has 1 fully saturated rings. The van der Waals surface area contributed by atoms with Crippen molar-refractivity contribution >= 4 is 5.91 Å². The van der Waals surface area contributed by atoms with Gasteiger partial charge in [0.15, 0.2) is 0 Å². The fourth-order valence-corrected chi connectivity index (χ4v) is 0.981. The molecule has 0 aromatic heterocycles. The second kappa shape index (κ2) is 2.35. The van der Waals surface area contributed by atoms with E-state index in [1.807, 2.05) is 11.9 Å². The summed E-state index contributed by atoms with van der Waals surface area (Å²) in [5.74, 6) is 0.180. The Balaban J connectivity index is 2.39. The van der Waals surface area contributed by atoms with Gasteiger partial charge in [-0.1, -0.05) is 0 Å². The molecule has 0 aliphatic carbocycles. The Bertz CT molecular complexity index is 124. The lowest BCUT2D eigenvalue weighted by Gasteiger charge is -2.11. The first-order valence-corrected chi connectivity index (χ1v) is 3.14. The lowest BCUT2D eigenvalue weighted by molar-refractivity contribution is -0.128. The summed E-state index contributed by atoms with van der Waals surface area (Å²) in [5.41, 5.74) is 0. The van der Waals surface area contributed by atoms with Crippen LogP contribution in [-0.4, -0.2) is 42.5 Å². The zero-order chi connectivity index (χ0) is 6.85. The topological polar surface area (TPSA) is 23.6 Å². The van der Waals surface area contributed by atoms with Crippen molar-refractivity contribution in [2.45, 2.75) is 6.92 Å². The van der Waals surface area contributed by atoms with Crippen molar-refractivity contribution in [1.82, 2.24) is 9.80 Å². The molecule has 0 saturated carbocycles. The van der Waals surface area contributed by atoms with E-state index >= 15 is 0 Å². The maximum Gasteiger partial charge on any atom is 0.220 e.